The third kappa shape index (κ3) is 20.5. The van der Waals surface area contributed by atoms with Gasteiger partial charge in [0.1, 0.15) is 0 Å². The Morgan fingerprint density at radius 3 is 1.23 bits per heavy atom. The molecule has 0 aromatic heterocycles. The second-order valence-electron chi connectivity index (χ2n) is 10.6. The van der Waals surface area contributed by atoms with Gasteiger partial charge in [0, 0.05) is 8.07 Å². The zero-order valence-electron chi connectivity index (χ0n) is 19.7. The predicted molar refractivity (Wildman–Crippen MR) is 125 cm³/mol. The van der Waals surface area contributed by atoms with Crippen molar-refractivity contribution in [2.75, 3.05) is 27.2 Å². The molecule has 1 nitrogen and oxygen atoms in total. The summed E-state index contributed by atoms with van der Waals surface area (Å²) in [5.74, 6) is 0. The summed E-state index contributed by atoms with van der Waals surface area (Å²) in [6, 6.07) is 1.49. The fraction of sp³-hybridized carbons (Fsp3) is 1.00. The molecule has 2 heteroatoms. The molecule has 0 saturated heterocycles. The topological polar surface area (TPSA) is 0 Å². The Labute approximate surface area is 168 Å². The summed E-state index contributed by atoms with van der Waals surface area (Å²) in [7, 11) is 4.03. The van der Waals surface area contributed by atoms with E-state index in [1.54, 1.807) is 0 Å². The SMILES string of the molecule is CCCCCCCCCCCCCCCC[N+](C)(C)CCC[Si](C)(C)C. The predicted octanol–water partition coefficient (Wildman–Crippen LogP) is 8.27. The molecule has 0 bridgehead atoms. The zero-order valence-corrected chi connectivity index (χ0v) is 20.7. The maximum atomic E-state index is 2.50. The van der Waals surface area contributed by atoms with E-state index in [1.807, 2.05) is 0 Å². The van der Waals surface area contributed by atoms with E-state index in [0.29, 0.717) is 0 Å². The number of nitrogens with zero attached hydrogens (tertiary/aromatic N) is 1. The summed E-state index contributed by atoms with van der Waals surface area (Å²) in [6.07, 6.45) is 21.9. The molecular formula is C24H54NSi+. The molecule has 0 atom stereocenters. The summed E-state index contributed by atoms with van der Waals surface area (Å²) < 4.78 is 1.24. The number of unbranched alkanes of at least 4 members (excludes halogenated alkanes) is 13. The number of hydrogen-bond donors (Lipinski definition) is 0. The highest BCUT2D eigenvalue weighted by atomic mass is 28.3. The van der Waals surface area contributed by atoms with E-state index in [0.717, 1.165) is 0 Å². The molecule has 0 rings (SSSR count). The Morgan fingerprint density at radius 2 is 0.846 bits per heavy atom. The van der Waals surface area contributed by atoms with E-state index in [4.69, 9.17) is 0 Å². The number of rotatable bonds is 19. The first-order chi connectivity index (χ1) is 12.3. The van der Waals surface area contributed by atoms with Gasteiger partial charge >= 0.3 is 0 Å². The standard InChI is InChI=1S/C24H54NSi/c1-7-8-9-10-11-12-13-14-15-16-17-18-19-20-22-25(2,3)23-21-24-26(4,5)6/h7-24H2,1-6H3/q+1. The van der Waals surface area contributed by atoms with Crippen LogP contribution in [0.5, 0.6) is 0 Å². The monoisotopic (exact) mass is 384 g/mol. The van der Waals surface area contributed by atoms with Crippen LogP contribution < -0.4 is 0 Å². The van der Waals surface area contributed by atoms with Gasteiger partial charge in [0.2, 0.25) is 0 Å². The Hall–Kier alpha value is 0.177. The largest absolute Gasteiger partial charge is 0.328 e. The van der Waals surface area contributed by atoms with Gasteiger partial charge in [-0.2, -0.15) is 0 Å². The van der Waals surface area contributed by atoms with Crippen LogP contribution in [0.15, 0.2) is 0 Å². The lowest BCUT2D eigenvalue weighted by Gasteiger charge is -2.31. The van der Waals surface area contributed by atoms with Crippen molar-refractivity contribution in [3.8, 4) is 0 Å². The van der Waals surface area contributed by atoms with Gasteiger partial charge in [0.25, 0.3) is 0 Å². The molecule has 0 aliphatic rings. The Kier molecular flexibility index (Phi) is 16.3. The molecule has 158 valence electrons. The molecule has 0 N–H and O–H groups in total. The minimum atomic E-state index is -0.840. The first-order valence-electron chi connectivity index (χ1n) is 12.1. The van der Waals surface area contributed by atoms with Crippen LogP contribution in [-0.2, 0) is 0 Å². The molecule has 0 amide bonds. The van der Waals surface area contributed by atoms with Crippen molar-refractivity contribution in [1.82, 2.24) is 0 Å². The van der Waals surface area contributed by atoms with Gasteiger partial charge in [-0.3, -0.25) is 0 Å². The third-order valence-electron chi connectivity index (χ3n) is 5.81. The van der Waals surface area contributed by atoms with Crippen LogP contribution in [0.2, 0.25) is 25.7 Å². The van der Waals surface area contributed by atoms with E-state index in [-0.39, 0.29) is 0 Å². The maximum absolute atomic E-state index is 2.50. The van der Waals surface area contributed by atoms with Crippen molar-refractivity contribution >= 4 is 8.07 Å². The highest BCUT2D eigenvalue weighted by Gasteiger charge is 2.18. The molecule has 0 fully saturated rings. The van der Waals surface area contributed by atoms with Crippen molar-refractivity contribution in [1.29, 1.82) is 0 Å². The lowest BCUT2D eigenvalue weighted by molar-refractivity contribution is -0.890. The van der Waals surface area contributed by atoms with Crippen molar-refractivity contribution < 1.29 is 4.48 Å². The van der Waals surface area contributed by atoms with Gasteiger partial charge in [-0.15, -0.1) is 0 Å². The summed E-state index contributed by atoms with van der Waals surface area (Å²) in [6.45, 7) is 12.6. The van der Waals surface area contributed by atoms with Gasteiger partial charge in [0.05, 0.1) is 27.2 Å². The second-order valence-corrected chi connectivity index (χ2v) is 16.3. The lowest BCUT2D eigenvalue weighted by Crippen LogP contribution is -2.41. The van der Waals surface area contributed by atoms with Crippen LogP contribution in [0, 0.1) is 0 Å². The number of hydrogen-bond acceptors (Lipinski definition) is 0. The second kappa shape index (κ2) is 16.2. The van der Waals surface area contributed by atoms with Crippen molar-refractivity contribution in [2.24, 2.45) is 0 Å². The van der Waals surface area contributed by atoms with E-state index >= 15 is 0 Å². The molecule has 0 spiro atoms. The fourth-order valence-electron chi connectivity index (χ4n) is 3.88. The van der Waals surface area contributed by atoms with Crippen LogP contribution in [0.4, 0.5) is 0 Å². The van der Waals surface area contributed by atoms with E-state index in [2.05, 4.69) is 40.7 Å². The highest BCUT2D eigenvalue weighted by molar-refractivity contribution is 6.76. The molecule has 0 saturated carbocycles. The molecule has 0 unspecified atom stereocenters. The zero-order chi connectivity index (χ0) is 19.7. The van der Waals surface area contributed by atoms with Crippen LogP contribution in [0.25, 0.3) is 0 Å². The van der Waals surface area contributed by atoms with Gasteiger partial charge in [-0.1, -0.05) is 110 Å². The molecule has 0 aliphatic carbocycles. The molecule has 0 heterocycles. The average Bonchev–Trinajstić information content (AvgIpc) is 2.53. The van der Waals surface area contributed by atoms with Crippen LogP contribution in [0.3, 0.4) is 0 Å². The highest BCUT2D eigenvalue weighted by Crippen LogP contribution is 2.15. The summed E-state index contributed by atoms with van der Waals surface area (Å²) in [5, 5.41) is 0. The molecule has 26 heavy (non-hydrogen) atoms. The van der Waals surface area contributed by atoms with Gasteiger partial charge < -0.3 is 4.48 Å². The van der Waals surface area contributed by atoms with E-state index < -0.39 is 8.07 Å². The fourth-order valence-corrected chi connectivity index (χ4v) is 5.10. The minimum absolute atomic E-state index is 0.840. The van der Waals surface area contributed by atoms with E-state index in [9.17, 15) is 0 Å². The quantitative estimate of drug-likeness (QED) is 0.119. The van der Waals surface area contributed by atoms with Crippen LogP contribution >= 0.6 is 0 Å². The summed E-state index contributed by atoms with van der Waals surface area (Å²) in [5.41, 5.74) is 0. The molecule has 0 aromatic carbocycles. The summed E-state index contributed by atoms with van der Waals surface area (Å²) >= 11 is 0. The maximum Gasteiger partial charge on any atom is 0.0782 e. The van der Waals surface area contributed by atoms with Crippen LogP contribution in [-0.4, -0.2) is 39.7 Å². The molecule has 0 aliphatic heterocycles. The van der Waals surface area contributed by atoms with Crippen molar-refractivity contribution in [3.05, 3.63) is 0 Å². The van der Waals surface area contributed by atoms with Gasteiger partial charge in [-0.05, 0) is 19.3 Å². The van der Waals surface area contributed by atoms with Gasteiger partial charge in [0.15, 0.2) is 0 Å². The normalized spacial score (nSPS) is 12.7. The van der Waals surface area contributed by atoms with E-state index in [1.165, 1.54) is 120 Å². The van der Waals surface area contributed by atoms with Gasteiger partial charge in [-0.25, -0.2) is 0 Å². The third-order valence-corrected chi connectivity index (χ3v) is 7.66. The Bertz CT molecular complexity index is 293. The lowest BCUT2D eigenvalue weighted by atomic mass is 10.0. The summed E-state index contributed by atoms with van der Waals surface area (Å²) in [4.78, 5) is 0. The van der Waals surface area contributed by atoms with Crippen molar-refractivity contribution in [2.45, 2.75) is 129 Å². The molecule has 0 radical (unpaired) electrons. The number of quaternary nitrogens is 1. The molecule has 0 aromatic rings. The minimum Gasteiger partial charge on any atom is -0.328 e. The smallest absolute Gasteiger partial charge is 0.0782 e. The van der Waals surface area contributed by atoms with Crippen molar-refractivity contribution in [3.63, 3.8) is 0 Å². The first kappa shape index (κ1) is 26.2. The average molecular weight is 385 g/mol. The first-order valence-corrected chi connectivity index (χ1v) is 15.8. The Balaban J connectivity index is 3.32. The Morgan fingerprint density at radius 1 is 0.500 bits per heavy atom. The van der Waals surface area contributed by atoms with Crippen LogP contribution in [0.1, 0.15) is 103 Å². The molecular weight excluding hydrogens is 330 g/mol.